The van der Waals surface area contributed by atoms with Gasteiger partial charge < -0.3 is 14.8 Å². The molecule has 0 aromatic heterocycles. The molecule has 2 aliphatic rings. The molecule has 1 aromatic carbocycles. The van der Waals surface area contributed by atoms with E-state index in [4.69, 9.17) is 9.47 Å². The average Bonchev–Trinajstić information content (AvgIpc) is 2.81. The first kappa shape index (κ1) is 24.6. The summed E-state index contributed by atoms with van der Waals surface area (Å²) in [5, 5.41) is 14.8. The predicted octanol–water partition coefficient (Wildman–Crippen LogP) is 3.68. The minimum Gasteiger partial charge on any atom is -0.468 e. The topological polar surface area (TPSA) is 120 Å². The molecule has 1 aliphatic carbocycles. The van der Waals surface area contributed by atoms with E-state index < -0.39 is 28.7 Å². The molecule has 0 bridgehead atoms. The average molecular weight is 458 g/mol. The number of nitrogens with one attached hydrogen (secondary N) is 1. The lowest BCUT2D eigenvalue weighted by Gasteiger charge is -2.31. The highest BCUT2D eigenvalue weighted by Gasteiger charge is 2.42. The summed E-state index contributed by atoms with van der Waals surface area (Å²) in [4.78, 5) is 41.1. The van der Waals surface area contributed by atoms with Crippen LogP contribution in [-0.4, -0.2) is 48.9 Å². The Hall–Kier alpha value is -3.07. The molecule has 1 aromatic rings. The number of methoxy groups -OCH3 is 1. The van der Waals surface area contributed by atoms with Crippen LogP contribution in [0.5, 0.6) is 0 Å². The van der Waals surface area contributed by atoms with Gasteiger partial charge in [-0.05, 0) is 32.3 Å². The van der Waals surface area contributed by atoms with Crippen molar-refractivity contribution in [2.45, 2.75) is 57.9 Å². The van der Waals surface area contributed by atoms with E-state index in [1.165, 1.54) is 44.6 Å². The summed E-state index contributed by atoms with van der Waals surface area (Å²) in [5.41, 5.74) is 1.45. The van der Waals surface area contributed by atoms with Crippen LogP contribution in [0.15, 0.2) is 40.5 Å². The van der Waals surface area contributed by atoms with Crippen molar-refractivity contribution in [3.05, 3.63) is 51.2 Å². The van der Waals surface area contributed by atoms with Crippen molar-refractivity contribution in [3.63, 3.8) is 0 Å². The van der Waals surface area contributed by atoms with E-state index in [2.05, 4.69) is 10.3 Å². The second-order valence-electron chi connectivity index (χ2n) is 8.51. The molecule has 1 fully saturated rings. The van der Waals surface area contributed by atoms with E-state index in [1.807, 2.05) is 0 Å². The maximum Gasteiger partial charge on any atom is 0.336 e. The Balaban J connectivity index is 1.84. The molecule has 1 aliphatic heterocycles. The van der Waals surface area contributed by atoms with Crippen LogP contribution in [0.2, 0.25) is 0 Å². The number of non-ortho nitro benzene ring substituents is 1. The minimum atomic E-state index is -0.886. The van der Waals surface area contributed by atoms with Crippen LogP contribution < -0.4 is 5.32 Å². The van der Waals surface area contributed by atoms with Gasteiger partial charge in [-0.15, -0.1) is 0 Å². The molecule has 1 N–H and O–H groups in total. The lowest BCUT2D eigenvalue weighted by atomic mass is 9.75. The van der Waals surface area contributed by atoms with Crippen LogP contribution in [0.1, 0.15) is 57.4 Å². The third-order valence-electron chi connectivity index (χ3n) is 6.32. The number of benzene rings is 1. The molecule has 9 heteroatoms. The summed E-state index contributed by atoms with van der Waals surface area (Å²) in [7, 11) is 1.26. The molecule has 9 nitrogen and oxygen atoms in total. The van der Waals surface area contributed by atoms with Crippen molar-refractivity contribution >= 4 is 23.3 Å². The number of rotatable bonds is 8. The molecular weight excluding hydrogens is 426 g/mol. The highest BCUT2D eigenvalue weighted by Crippen LogP contribution is 2.40. The summed E-state index contributed by atoms with van der Waals surface area (Å²) in [6.07, 6.45) is 5.94. The smallest absolute Gasteiger partial charge is 0.336 e. The van der Waals surface area contributed by atoms with Gasteiger partial charge in [0.2, 0.25) is 0 Å². The second-order valence-corrected chi connectivity index (χ2v) is 8.51. The van der Waals surface area contributed by atoms with Crippen molar-refractivity contribution < 1.29 is 24.0 Å². The summed E-state index contributed by atoms with van der Waals surface area (Å²) in [6, 6.07) is 6.39. The fourth-order valence-electron chi connectivity index (χ4n) is 4.72. The van der Waals surface area contributed by atoms with Gasteiger partial charge in [0.15, 0.2) is 0 Å². The van der Waals surface area contributed by atoms with Crippen LogP contribution >= 0.6 is 0 Å². The van der Waals surface area contributed by atoms with Gasteiger partial charge in [0.25, 0.3) is 5.69 Å². The number of nitro benzene ring substituents is 1. The van der Waals surface area contributed by atoms with Gasteiger partial charge in [0.1, 0.15) is 12.5 Å². The van der Waals surface area contributed by atoms with E-state index in [0.717, 1.165) is 12.8 Å². The van der Waals surface area contributed by atoms with Crippen molar-refractivity contribution in [2.75, 3.05) is 20.3 Å². The molecule has 0 spiro atoms. The number of allylic oxidation sites excluding steroid dienone is 1. The molecule has 0 saturated heterocycles. The Bertz CT molecular complexity index is 965. The van der Waals surface area contributed by atoms with Crippen LogP contribution in [0.4, 0.5) is 5.69 Å². The van der Waals surface area contributed by atoms with Gasteiger partial charge in [-0.3, -0.25) is 19.9 Å². The Labute approximate surface area is 193 Å². The first-order valence-electron chi connectivity index (χ1n) is 11.3. The Morgan fingerprint density at radius 2 is 1.94 bits per heavy atom. The lowest BCUT2D eigenvalue weighted by molar-refractivity contribution is -0.384. The van der Waals surface area contributed by atoms with Gasteiger partial charge in [0.05, 0.1) is 17.6 Å². The number of ether oxygens (including phenoxy) is 2. The molecule has 2 atom stereocenters. The third kappa shape index (κ3) is 5.84. The first-order chi connectivity index (χ1) is 15.8. The monoisotopic (exact) mass is 457 g/mol. The Morgan fingerprint density at radius 1 is 1.21 bits per heavy atom. The number of hydrogen-bond donors (Lipinski definition) is 1. The minimum absolute atomic E-state index is 0.127. The number of carbonyl (C=O) groups is 2. The van der Waals surface area contributed by atoms with Crippen molar-refractivity contribution in [3.8, 4) is 0 Å². The number of nitro groups is 1. The summed E-state index contributed by atoms with van der Waals surface area (Å²) in [5.74, 6) is -2.83. The van der Waals surface area contributed by atoms with Crippen molar-refractivity contribution in [2.24, 2.45) is 10.9 Å². The van der Waals surface area contributed by atoms with Gasteiger partial charge in [-0.1, -0.05) is 31.4 Å². The predicted molar refractivity (Wildman–Crippen MR) is 123 cm³/mol. The van der Waals surface area contributed by atoms with E-state index >= 15 is 0 Å². The number of carbonyl (C=O) groups excluding carboxylic acids is 2. The first-order valence-corrected chi connectivity index (χ1v) is 11.3. The van der Waals surface area contributed by atoms with Crippen molar-refractivity contribution in [1.82, 2.24) is 5.32 Å². The Morgan fingerprint density at radius 3 is 2.61 bits per heavy atom. The van der Waals surface area contributed by atoms with E-state index in [-0.39, 0.29) is 17.9 Å². The fourth-order valence-corrected chi connectivity index (χ4v) is 4.72. The van der Waals surface area contributed by atoms with E-state index in [0.29, 0.717) is 29.6 Å². The van der Waals surface area contributed by atoms with Crippen LogP contribution in [0.3, 0.4) is 0 Å². The quantitative estimate of drug-likeness (QED) is 0.274. The maximum atomic E-state index is 13.2. The summed E-state index contributed by atoms with van der Waals surface area (Å²) < 4.78 is 10.5. The molecule has 0 amide bonds. The highest BCUT2D eigenvalue weighted by molar-refractivity contribution is 6.07. The van der Waals surface area contributed by atoms with Crippen LogP contribution in [0, 0.1) is 16.0 Å². The van der Waals surface area contributed by atoms with E-state index in [9.17, 15) is 19.7 Å². The van der Waals surface area contributed by atoms with Gasteiger partial charge in [0, 0.05) is 42.0 Å². The third-order valence-corrected chi connectivity index (χ3v) is 6.32. The maximum absolute atomic E-state index is 13.2. The fraction of sp³-hybridized carbons (Fsp3) is 0.542. The second kappa shape index (κ2) is 11.2. The van der Waals surface area contributed by atoms with Crippen LogP contribution in [0.25, 0.3) is 0 Å². The molecular formula is C24H31N3O6. The molecule has 178 valence electrons. The molecule has 2 unspecified atom stereocenters. The summed E-state index contributed by atoms with van der Waals surface area (Å²) >= 11 is 0. The van der Waals surface area contributed by atoms with Gasteiger partial charge in [-0.25, -0.2) is 4.79 Å². The highest BCUT2D eigenvalue weighted by atomic mass is 16.6. The molecule has 3 rings (SSSR count). The standard InChI is InChI=1S/C24H31N3O6/c1-15-20(23(28)32-3)22(17-8-7-11-19(14-17)27(30)31)21(16(2)26-15)24(29)33-13-12-25-18-9-5-4-6-10-18/h7-8,11,14,18,20,22,25H,4-6,9-10,12-13H2,1-3H3. The largest absolute Gasteiger partial charge is 0.468 e. The zero-order valence-electron chi connectivity index (χ0n) is 19.3. The van der Waals surface area contributed by atoms with Crippen LogP contribution in [-0.2, 0) is 19.1 Å². The lowest BCUT2D eigenvalue weighted by Crippen LogP contribution is -2.37. The SMILES string of the molecule is COC(=O)C1C(C)=NC(C)=C(C(=O)OCCNC2CCCCC2)C1c1cccc([N+](=O)[O-])c1. The number of esters is 2. The zero-order valence-corrected chi connectivity index (χ0v) is 19.3. The summed E-state index contributed by atoms with van der Waals surface area (Å²) in [6.45, 7) is 4.08. The van der Waals surface area contributed by atoms with Gasteiger partial charge >= 0.3 is 11.9 Å². The number of hydrogen-bond acceptors (Lipinski definition) is 8. The van der Waals surface area contributed by atoms with E-state index in [1.54, 1.807) is 19.9 Å². The molecule has 0 radical (unpaired) electrons. The van der Waals surface area contributed by atoms with Crippen molar-refractivity contribution in [1.29, 1.82) is 0 Å². The molecule has 1 saturated carbocycles. The number of nitrogens with zero attached hydrogens (tertiary/aromatic N) is 2. The van der Waals surface area contributed by atoms with Gasteiger partial charge in [-0.2, -0.15) is 0 Å². The zero-order chi connectivity index (χ0) is 24.0. The Kier molecular flexibility index (Phi) is 8.32. The normalized spacial score (nSPS) is 21.4. The number of aliphatic imine (C=N–C) groups is 1. The molecule has 33 heavy (non-hydrogen) atoms. The molecule has 1 heterocycles.